The highest BCUT2D eigenvalue weighted by molar-refractivity contribution is 7.10. The highest BCUT2D eigenvalue weighted by Crippen LogP contribution is 2.59. The number of fused-ring (bicyclic) bond motifs is 1. The molecule has 2 atom stereocenters. The summed E-state index contributed by atoms with van der Waals surface area (Å²) in [4.78, 5) is 26.8. The van der Waals surface area contributed by atoms with E-state index in [9.17, 15) is 9.59 Å². The van der Waals surface area contributed by atoms with Crippen LogP contribution in [0.2, 0.25) is 0 Å². The Labute approximate surface area is 116 Å². The van der Waals surface area contributed by atoms with Crippen molar-refractivity contribution in [2.45, 2.75) is 26.8 Å². The Kier molecular flexibility index (Phi) is 2.71. The average Bonchev–Trinajstić information content (AvgIpc) is 2.73. The molecule has 1 N–H and O–H groups in total. The van der Waals surface area contributed by atoms with Gasteiger partial charge in [0.2, 0.25) is 5.91 Å². The van der Waals surface area contributed by atoms with Gasteiger partial charge in [0.05, 0.1) is 11.8 Å². The van der Waals surface area contributed by atoms with Crippen molar-refractivity contribution in [3.8, 4) is 0 Å². The lowest BCUT2D eigenvalue weighted by Gasteiger charge is -2.27. The maximum Gasteiger partial charge on any atom is 0.307 e. The van der Waals surface area contributed by atoms with E-state index in [4.69, 9.17) is 5.11 Å². The molecule has 102 valence electrons. The van der Waals surface area contributed by atoms with Crippen LogP contribution in [0.3, 0.4) is 0 Å². The van der Waals surface area contributed by atoms with Crippen LogP contribution in [-0.4, -0.2) is 28.4 Å². The Morgan fingerprint density at radius 2 is 2.16 bits per heavy atom. The fraction of sp³-hybridized carbons (Fsp3) is 0.571. The largest absolute Gasteiger partial charge is 0.481 e. The third kappa shape index (κ3) is 1.87. The summed E-state index contributed by atoms with van der Waals surface area (Å²) in [6.07, 6.45) is 0.892. The molecule has 0 saturated heterocycles. The second kappa shape index (κ2) is 4.07. The van der Waals surface area contributed by atoms with Crippen molar-refractivity contribution in [1.29, 1.82) is 0 Å². The molecule has 2 heterocycles. The van der Waals surface area contributed by atoms with Crippen LogP contribution < -0.4 is 0 Å². The first kappa shape index (κ1) is 12.7. The minimum Gasteiger partial charge on any atom is -0.481 e. The Morgan fingerprint density at radius 1 is 1.42 bits per heavy atom. The molecule has 0 spiro atoms. The van der Waals surface area contributed by atoms with Crippen molar-refractivity contribution in [3.05, 3.63) is 21.9 Å². The summed E-state index contributed by atoms with van der Waals surface area (Å²) < 4.78 is 0. The number of carbonyl (C=O) groups is 2. The zero-order valence-corrected chi connectivity index (χ0v) is 11.9. The van der Waals surface area contributed by atoms with Gasteiger partial charge in [0.25, 0.3) is 0 Å². The van der Waals surface area contributed by atoms with Crippen LogP contribution in [0, 0.1) is 17.3 Å². The van der Waals surface area contributed by atoms with Crippen molar-refractivity contribution in [3.63, 3.8) is 0 Å². The maximum absolute atomic E-state index is 12.5. The number of hydrogen-bond donors (Lipinski definition) is 1. The second-order valence-corrected chi connectivity index (χ2v) is 6.99. The number of rotatable bonds is 2. The molecule has 0 radical (unpaired) electrons. The standard InChI is InChI=1S/C14H17NO3S/c1-14(2)10(11(14)13(17)18)12(16)15-5-3-9-8(7-15)4-6-19-9/h4,6,10-11H,3,5,7H2,1-2H3,(H,17,18)/t10-,11+/m1/s1. The second-order valence-electron chi connectivity index (χ2n) is 5.99. The van der Waals surface area contributed by atoms with E-state index in [0.717, 1.165) is 6.42 Å². The van der Waals surface area contributed by atoms with E-state index in [2.05, 4.69) is 11.4 Å². The van der Waals surface area contributed by atoms with E-state index in [1.165, 1.54) is 10.4 Å². The van der Waals surface area contributed by atoms with Crippen LogP contribution >= 0.6 is 11.3 Å². The van der Waals surface area contributed by atoms with Crippen LogP contribution in [0.25, 0.3) is 0 Å². The molecule has 4 nitrogen and oxygen atoms in total. The van der Waals surface area contributed by atoms with E-state index < -0.39 is 17.3 Å². The lowest BCUT2D eigenvalue weighted by Crippen LogP contribution is -2.37. The van der Waals surface area contributed by atoms with Crippen molar-refractivity contribution < 1.29 is 14.7 Å². The maximum atomic E-state index is 12.5. The predicted molar refractivity (Wildman–Crippen MR) is 71.8 cm³/mol. The summed E-state index contributed by atoms with van der Waals surface area (Å²) in [5, 5.41) is 11.2. The van der Waals surface area contributed by atoms with Crippen LogP contribution in [0.4, 0.5) is 0 Å². The first-order valence-electron chi connectivity index (χ1n) is 6.49. The summed E-state index contributed by atoms with van der Waals surface area (Å²) in [6, 6.07) is 2.06. The van der Waals surface area contributed by atoms with Gasteiger partial charge in [-0.3, -0.25) is 9.59 Å². The van der Waals surface area contributed by atoms with Crippen molar-refractivity contribution in [2.24, 2.45) is 17.3 Å². The molecule has 1 amide bonds. The van der Waals surface area contributed by atoms with Crippen LogP contribution in [0.1, 0.15) is 24.3 Å². The molecular formula is C14H17NO3S. The smallest absolute Gasteiger partial charge is 0.307 e. The SMILES string of the molecule is CC1(C)[C@H](C(=O)O)[C@@H]1C(=O)N1CCc2sccc2C1. The average molecular weight is 279 g/mol. The number of thiophene rings is 1. The number of carboxylic acids is 1. The number of hydrogen-bond acceptors (Lipinski definition) is 3. The van der Waals surface area contributed by atoms with Crippen molar-refractivity contribution in [2.75, 3.05) is 6.54 Å². The molecule has 19 heavy (non-hydrogen) atoms. The summed E-state index contributed by atoms with van der Waals surface area (Å²) in [5.41, 5.74) is 0.813. The summed E-state index contributed by atoms with van der Waals surface area (Å²) in [7, 11) is 0. The molecule has 1 saturated carbocycles. The number of carboxylic acid groups (broad SMARTS) is 1. The molecule has 0 bridgehead atoms. The van der Waals surface area contributed by atoms with Crippen LogP contribution in [-0.2, 0) is 22.6 Å². The Bertz CT molecular complexity index is 549. The first-order valence-corrected chi connectivity index (χ1v) is 7.37. The first-order chi connectivity index (χ1) is 8.93. The molecule has 1 aliphatic heterocycles. The molecule has 1 aliphatic carbocycles. The minimum atomic E-state index is -0.850. The van der Waals surface area contributed by atoms with Gasteiger partial charge < -0.3 is 10.0 Å². The minimum absolute atomic E-state index is 0.00856. The van der Waals surface area contributed by atoms with Gasteiger partial charge in [-0.25, -0.2) is 0 Å². The zero-order valence-electron chi connectivity index (χ0n) is 11.0. The normalized spacial score (nSPS) is 27.8. The molecule has 0 aromatic carbocycles. The molecule has 1 fully saturated rings. The van der Waals surface area contributed by atoms with Gasteiger partial charge in [0.15, 0.2) is 0 Å². The quantitative estimate of drug-likeness (QED) is 0.900. The molecule has 1 aromatic rings. The molecule has 0 unspecified atom stereocenters. The summed E-state index contributed by atoms with van der Waals surface area (Å²) in [6.45, 7) is 5.09. The van der Waals surface area contributed by atoms with E-state index in [1.807, 2.05) is 18.7 Å². The highest BCUT2D eigenvalue weighted by atomic mass is 32.1. The Morgan fingerprint density at radius 3 is 2.79 bits per heavy atom. The predicted octanol–water partition coefficient (Wildman–Crippen LogP) is 1.99. The number of aliphatic carboxylic acids is 1. The molecule has 1 aromatic heterocycles. The third-order valence-corrected chi connectivity index (χ3v) is 5.50. The van der Waals surface area contributed by atoms with E-state index >= 15 is 0 Å². The van der Waals surface area contributed by atoms with Gasteiger partial charge in [0, 0.05) is 18.0 Å². The van der Waals surface area contributed by atoms with Crippen LogP contribution in [0.15, 0.2) is 11.4 Å². The number of nitrogens with zero attached hydrogens (tertiary/aromatic N) is 1. The molecule has 5 heteroatoms. The summed E-state index contributed by atoms with van der Waals surface area (Å²) >= 11 is 1.74. The van der Waals surface area contributed by atoms with Gasteiger partial charge in [-0.2, -0.15) is 0 Å². The van der Waals surface area contributed by atoms with E-state index in [-0.39, 0.29) is 11.8 Å². The Balaban J connectivity index is 1.75. The van der Waals surface area contributed by atoms with Gasteiger partial charge in [-0.15, -0.1) is 11.3 Å². The fourth-order valence-electron chi connectivity index (χ4n) is 3.19. The van der Waals surface area contributed by atoms with Gasteiger partial charge >= 0.3 is 5.97 Å². The molecule has 2 aliphatic rings. The van der Waals surface area contributed by atoms with Crippen molar-refractivity contribution >= 4 is 23.2 Å². The number of amides is 1. The van der Waals surface area contributed by atoms with Crippen molar-refractivity contribution in [1.82, 2.24) is 4.90 Å². The molecular weight excluding hydrogens is 262 g/mol. The van der Waals surface area contributed by atoms with Gasteiger partial charge in [-0.05, 0) is 28.8 Å². The lowest BCUT2D eigenvalue weighted by atomic mass is 10.1. The number of carbonyl (C=O) groups excluding carboxylic acids is 1. The highest BCUT2D eigenvalue weighted by Gasteiger charge is 2.66. The monoisotopic (exact) mass is 279 g/mol. The Hall–Kier alpha value is -1.36. The van der Waals surface area contributed by atoms with E-state index in [1.54, 1.807) is 11.3 Å². The zero-order chi connectivity index (χ0) is 13.8. The molecule has 3 rings (SSSR count). The third-order valence-electron chi connectivity index (χ3n) is 4.48. The fourth-order valence-corrected chi connectivity index (χ4v) is 4.08. The lowest BCUT2D eigenvalue weighted by molar-refractivity contribution is -0.142. The summed E-state index contributed by atoms with van der Waals surface area (Å²) in [5.74, 6) is -1.72. The van der Waals surface area contributed by atoms with Crippen LogP contribution in [0.5, 0.6) is 0 Å². The van der Waals surface area contributed by atoms with Gasteiger partial charge in [-0.1, -0.05) is 13.8 Å². The topological polar surface area (TPSA) is 57.6 Å². The van der Waals surface area contributed by atoms with E-state index in [0.29, 0.717) is 13.1 Å². The van der Waals surface area contributed by atoms with Gasteiger partial charge in [0.1, 0.15) is 0 Å².